The van der Waals surface area contributed by atoms with E-state index in [4.69, 9.17) is 4.74 Å². The number of likely N-dealkylation sites (tertiary alicyclic amines) is 1. The molecule has 1 aromatic carbocycles. The smallest absolute Gasteiger partial charge is 0.253 e. The Kier molecular flexibility index (Phi) is 7.17. The van der Waals surface area contributed by atoms with Gasteiger partial charge in [0.15, 0.2) is 0 Å². The van der Waals surface area contributed by atoms with Crippen LogP contribution < -0.4 is 10.1 Å². The average Bonchev–Trinajstić information content (AvgIpc) is 2.79. The van der Waals surface area contributed by atoms with Crippen molar-refractivity contribution in [2.75, 3.05) is 39.8 Å². The van der Waals surface area contributed by atoms with Gasteiger partial charge in [0.1, 0.15) is 11.9 Å². The lowest BCUT2D eigenvalue weighted by molar-refractivity contribution is 0.0840. The molecule has 1 atom stereocenters. The van der Waals surface area contributed by atoms with E-state index >= 15 is 0 Å². The van der Waals surface area contributed by atoms with Gasteiger partial charge in [0.2, 0.25) is 0 Å². The number of piperidine rings is 1. The number of aliphatic hydroxyl groups excluding tert-OH is 1. The van der Waals surface area contributed by atoms with E-state index in [1.165, 1.54) is 17.3 Å². The number of carbonyl (C=O) groups is 1. The Morgan fingerprint density at radius 1 is 1.23 bits per heavy atom. The summed E-state index contributed by atoms with van der Waals surface area (Å²) in [5.41, 5.74) is 3.15. The maximum Gasteiger partial charge on any atom is 0.253 e. The van der Waals surface area contributed by atoms with Crippen molar-refractivity contribution in [3.63, 3.8) is 0 Å². The molecular weight excluding hydrogens is 392 g/mol. The summed E-state index contributed by atoms with van der Waals surface area (Å²) in [5.74, 6) is 0.374. The summed E-state index contributed by atoms with van der Waals surface area (Å²) in [4.78, 5) is 21.2. The molecule has 1 fully saturated rings. The monoisotopic (exact) mass is 424 g/mol. The number of rotatable bonds is 7. The maximum absolute atomic E-state index is 12.6. The molecule has 2 aromatic rings. The standard InChI is InChI=1S/C24H32N4O3/c1-27-9-7-22(8-10-27)31-23-12-20(13-25-15-23)24(30)26-14-21(29)17-28-11-6-18-4-2-3-5-19(18)16-28/h2-5,12-13,15,21-22,29H,6-11,14,16-17H2,1H3,(H,26,30)/t21-/m0/s1. The van der Waals surface area contributed by atoms with Crippen LogP contribution >= 0.6 is 0 Å². The number of pyridine rings is 1. The van der Waals surface area contributed by atoms with E-state index in [-0.39, 0.29) is 18.6 Å². The molecule has 0 spiro atoms. The van der Waals surface area contributed by atoms with E-state index in [0.29, 0.717) is 17.9 Å². The Hall–Kier alpha value is -2.48. The summed E-state index contributed by atoms with van der Waals surface area (Å²) in [5, 5.41) is 13.3. The van der Waals surface area contributed by atoms with Gasteiger partial charge >= 0.3 is 0 Å². The third-order valence-corrected chi connectivity index (χ3v) is 6.12. The molecule has 1 saturated heterocycles. The number of fused-ring (bicyclic) bond motifs is 1. The molecule has 0 saturated carbocycles. The van der Waals surface area contributed by atoms with Crippen molar-refractivity contribution in [3.8, 4) is 5.75 Å². The second kappa shape index (κ2) is 10.2. The van der Waals surface area contributed by atoms with Gasteiger partial charge in [-0.25, -0.2) is 0 Å². The number of hydrogen-bond donors (Lipinski definition) is 2. The first-order valence-electron chi connectivity index (χ1n) is 11.1. The molecule has 166 valence electrons. The van der Waals surface area contributed by atoms with Gasteiger partial charge in [0, 0.05) is 45.5 Å². The molecule has 0 radical (unpaired) electrons. The Morgan fingerprint density at radius 3 is 2.81 bits per heavy atom. The minimum Gasteiger partial charge on any atom is -0.489 e. The fourth-order valence-corrected chi connectivity index (χ4v) is 4.29. The van der Waals surface area contributed by atoms with Crippen LogP contribution in [-0.4, -0.2) is 77.8 Å². The van der Waals surface area contributed by atoms with E-state index in [0.717, 1.165) is 45.4 Å². The minimum atomic E-state index is -0.624. The van der Waals surface area contributed by atoms with Gasteiger partial charge in [-0.2, -0.15) is 0 Å². The summed E-state index contributed by atoms with van der Waals surface area (Å²) >= 11 is 0. The predicted octanol–water partition coefficient (Wildman–Crippen LogP) is 1.70. The van der Waals surface area contributed by atoms with E-state index in [2.05, 4.69) is 51.4 Å². The van der Waals surface area contributed by atoms with Gasteiger partial charge in [0.05, 0.1) is 17.9 Å². The zero-order chi connectivity index (χ0) is 21.6. The van der Waals surface area contributed by atoms with Crippen LogP contribution in [0.1, 0.15) is 34.3 Å². The Balaban J connectivity index is 1.24. The quantitative estimate of drug-likeness (QED) is 0.705. The number of nitrogens with one attached hydrogen (secondary N) is 1. The summed E-state index contributed by atoms with van der Waals surface area (Å²) < 4.78 is 6.02. The van der Waals surface area contributed by atoms with Crippen molar-refractivity contribution in [1.29, 1.82) is 0 Å². The number of aromatic nitrogens is 1. The molecule has 7 nitrogen and oxygen atoms in total. The maximum atomic E-state index is 12.6. The van der Waals surface area contributed by atoms with Crippen molar-refractivity contribution >= 4 is 5.91 Å². The molecule has 2 aliphatic heterocycles. The molecule has 3 heterocycles. The van der Waals surface area contributed by atoms with E-state index in [9.17, 15) is 9.90 Å². The van der Waals surface area contributed by atoms with Crippen LogP contribution in [0.3, 0.4) is 0 Å². The topological polar surface area (TPSA) is 77.9 Å². The van der Waals surface area contributed by atoms with E-state index < -0.39 is 6.10 Å². The van der Waals surface area contributed by atoms with Crippen LogP contribution in [0, 0.1) is 0 Å². The molecule has 0 aliphatic carbocycles. The van der Waals surface area contributed by atoms with Gasteiger partial charge in [-0.1, -0.05) is 24.3 Å². The highest BCUT2D eigenvalue weighted by Crippen LogP contribution is 2.20. The van der Waals surface area contributed by atoms with Crippen LogP contribution in [-0.2, 0) is 13.0 Å². The average molecular weight is 425 g/mol. The first kappa shape index (κ1) is 21.7. The number of β-amino-alcohol motifs (C(OH)–C–C–N with tert-alkyl or cyclic N) is 1. The molecule has 4 rings (SSSR count). The summed E-state index contributed by atoms with van der Waals surface area (Å²) in [6, 6.07) is 10.2. The molecular formula is C24H32N4O3. The van der Waals surface area contributed by atoms with Crippen molar-refractivity contribution in [3.05, 3.63) is 59.4 Å². The number of aliphatic hydroxyl groups is 1. The predicted molar refractivity (Wildman–Crippen MR) is 119 cm³/mol. The van der Waals surface area contributed by atoms with Crippen LogP contribution in [0.15, 0.2) is 42.7 Å². The zero-order valence-corrected chi connectivity index (χ0v) is 18.2. The van der Waals surface area contributed by atoms with E-state index in [1.54, 1.807) is 12.3 Å². The highest BCUT2D eigenvalue weighted by molar-refractivity contribution is 5.94. The fourth-order valence-electron chi connectivity index (χ4n) is 4.29. The number of benzene rings is 1. The van der Waals surface area contributed by atoms with Crippen LogP contribution in [0.5, 0.6) is 5.75 Å². The summed E-state index contributed by atoms with van der Waals surface area (Å²) in [7, 11) is 2.11. The van der Waals surface area contributed by atoms with Crippen molar-refractivity contribution < 1.29 is 14.6 Å². The number of nitrogens with zero attached hydrogens (tertiary/aromatic N) is 3. The number of carbonyl (C=O) groups excluding carboxylic acids is 1. The second-order valence-corrected chi connectivity index (χ2v) is 8.65. The molecule has 0 bridgehead atoms. The largest absolute Gasteiger partial charge is 0.489 e. The Labute approximate surface area is 184 Å². The van der Waals surface area contributed by atoms with Gasteiger partial charge in [-0.05, 0) is 43.5 Å². The third-order valence-electron chi connectivity index (χ3n) is 6.12. The van der Waals surface area contributed by atoms with Crippen molar-refractivity contribution in [2.24, 2.45) is 0 Å². The molecule has 2 aliphatic rings. The lowest BCUT2D eigenvalue weighted by Crippen LogP contribution is -2.42. The number of amides is 1. The van der Waals surface area contributed by atoms with Gasteiger partial charge in [-0.3, -0.25) is 14.7 Å². The minimum absolute atomic E-state index is 0.160. The SMILES string of the molecule is CN1CCC(Oc2cncc(C(=O)NC[C@H](O)CN3CCc4ccccc4C3)c2)CC1. The number of ether oxygens (including phenoxy) is 1. The normalized spacial score (nSPS) is 18.9. The first-order chi connectivity index (χ1) is 15.1. The van der Waals surface area contributed by atoms with Crippen molar-refractivity contribution in [1.82, 2.24) is 20.1 Å². The highest BCUT2D eigenvalue weighted by Gasteiger charge is 2.20. The number of hydrogen-bond acceptors (Lipinski definition) is 6. The van der Waals surface area contributed by atoms with Crippen LogP contribution in [0.2, 0.25) is 0 Å². The third kappa shape index (κ3) is 6.03. The second-order valence-electron chi connectivity index (χ2n) is 8.65. The summed E-state index contributed by atoms with van der Waals surface area (Å²) in [6.07, 6.45) is 5.65. The molecule has 1 aromatic heterocycles. The summed E-state index contributed by atoms with van der Waals surface area (Å²) in [6.45, 7) is 4.52. The lowest BCUT2D eigenvalue weighted by Gasteiger charge is -2.30. The van der Waals surface area contributed by atoms with Crippen molar-refractivity contribution in [2.45, 2.75) is 38.0 Å². The molecule has 2 N–H and O–H groups in total. The molecule has 0 unspecified atom stereocenters. The zero-order valence-electron chi connectivity index (χ0n) is 18.2. The lowest BCUT2D eigenvalue weighted by atomic mass is 10.00. The first-order valence-corrected chi connectivity index (χ1v) is 11.1. The van der Waals surface area contributed by atoms with Gasteiger partial charge < -0.3 is 20.1 Å². The Morgan fingerprint density at radius 2 is 2.00 bits per heavy atom. The Bertz CT molecular complexity index is 883. The van der Waals surface area contributed by atoms with Gasteiger partial charge in [-0.15, -0.1) is 0 Å². The van der Waals surface area contributed by atoms with Crippen LogP contribution in [0.25, 0.3) is 0 Å². The fraction of sp³-hybridized carbons (Fsp3) is 0.500. The molecule has 1 amide bonds. The van der Waals surface area contributed by atoms with Crippen LogP contribution in [0.4, 0.5) is 0 Å². The highest BCUT2D eigenvalue weighted by atomic mass is 16.5. The van der Waals surface area contributed by atoms with E-state index in [1.807, 2.05) is 0 Å². The molecule has 31 heavy (non-hydrogen) atoms. The van der Waals surface area contributed by atoms with Gasteiger partial charge in [0.25, 0.3) is 5.91 Å². The molecule has 7 heteroatoms.